The molecule has 0 fully saturated rings. The van der Waals surface area contributed by atoms with Crippen LogP contribution in [0.2, 0.25) is 0 Å². The highest BCUT2D eigenvalue weighted by Gasteiger charge is 2.15. The van der Waals surface area contributed by atoms with E-state index in [0.717, 1.165) is 23.4 Å². The first-order valence-electron chi connectivity index (χ1n) is 7.40. The molecular formula is C16H21N3O2S. The first-order valence-corrected chi connectivity index (χ1v) is 8.22. The minimum atomic E-state index is -0.176. The van der Waals surface area contributed by atoms with E-state index in [1.54, 1.807) is 13.2 Å². The van der Waals surface area contributed by atoms with Gasteiger partial charge in [-0.05, 0) is 30.5 Å². The van der Waals surface area contributed by atoms with Crippen LogP contribution in [0.3, 0.4) is 0 Å². The van der Waals surface area contributed by atoms with Gasteiger partial charge in [-0.25, -0.2) is 0 Å². The zero-order valence-corrected chi connectivity index (χ0v) is 13.9. The Morgan fingerprint density at radius 3 is 2.77 bits per heavy atom. The van der Waals surface area contributed by atoms with Crippen LogP contribution in [0.25, 0.3) is 0 Å². The molecule has 1 aromatic heterocycles. The molecule has 0 aliphatic heterocycles. The van der Waals surface area contributed by atoms with Gasteiger partial charge in [-0.15, -0.1) is 10.2 Å². The monoisotopic (exact) mass is 319 g/mol. The summed E-state index contributed by atoms with van der Waals surface area (Å²) in [6.07, 6.45) is 2.05. The Morgan fingerprint density at radius 2 is 2.09 bits per heavy atom. The molecule has 1 aromatic carbocycles. The number of anilines is 1. The van der Waals surface area contributed by atoms with Gasteiger partial charge in [0.1, 0.15) is 5.01 Å². The molecule has 0 aliphatic rings. The number of hydrogen-bond acceptors (Lipinski definition) is 5. The van der Waals surface area contributed by atoms with Gasteiger partial charge in [-0.3, -0.25) is 10.1 Å². The van der Waals surface area contributed by atoms with Crippen molar-refractivity contribution in [3.05, 3.63) is 40.4 Å². The minimum Gasteiger partial charge on any atom is -0.380 e. The third kappa shape index (κ3) is 4.11. The maximum absolute atomic E-state index is 12.3. The molecule has 0 aliphatic carbocycles. The van der Waals surface area contributed by atoms with Crippen molar-refractivity contribution in [2.75, 3.05) is 12.4 Å². The number of amides is 1. The second-order valence-electron chi connectivity index (χ2n) is 5.05. The van der Waals surface area contributed by atoms with Gasteiger partial charge in [0.05, 0.1) is 6.61 Å². The lowest BCUT2D eigenvalue weighted by molar-refractivity contribution is 0.102. The average Bonchev–Trinajstić information content (AvgIpc) is 2.97. The first kappa shape index (κ1) is 16.6. The number of carbonyl (C=O) groups excluding carboxylic acids is 1. The van der Waals surface area contributed by atoms with Gasteiger partial charge in [0.25, 0.3) is 5.91 Å². The Morgan fingerprint density at radius 1 is 1.32 bits per heavy atom. The van der Waals surface area contributed by atoms with E-state index in [1.807, 2.05) is 18.2 Å². The summed E-state index contributed by atoms with van der Waals surface area (Å²) in [5.41, 5.74) is 1.55. The van der Waals surface area contributed by atoms with Gasteiger partial charge in [-0.2, -0.15) is 0 Å². The molecule has 0 spiro atoms. The van der Waals surface area contributed by atoms with Crippen LogP contribution in [-0.2, 0) is 11.3 Å². The molecule has 1 heterocycles. The van der Waals surface area contributed by atoms with Crippen LogP contribution >= 0.6 is 11.3 Å². The molecule has 0 saturated heterocycles. The maximum atomic E-state index is 12.3. The van der Waals surface area contributed by atoms with Gasteiger partial charge in [-0.1, -0.05) is 37.3 Å². The largest absolute Gasteiger partial charge is 0.380 e. The van der Waals surface area contributed by atoms with E-state index >= 15 is 0 Å². The molecular weight excluding hydrogens is 298 g/mol. The summed E-state index contributed by atoms with van der Waals surface area (Å²) in [6.45, 7) is 4.75. The topological polar surface area (TPSA) is 64.1 Å². The lowest BCUT2D eigenvalue weighted by Gasteiger charge is -2.06. The van der Waals surface area contributed by atoms with E-state index in [4.69, 9.17) is 4.74 Å². The van der Waals surface area contributed by atoms with Crippen molar-refractivity contribution >= 4 is 22.4 Å². The van der Waals surface area contributed by atoms with Gasteiger partial charge in [0.15, 0.2) is 0 Å². The number of nitrogens with one attached hydrogen (secondary N) is 1. The van der Waals surface area contributed by atoms with Gasteiger partial charge in [0.2, 0.25) is 5.13 Å². The molecule has 5 nitrogen and oxygen atoms in total. The summed E-state index contributed by atoms with van der Waals surface area (Å²) in [7, 11) is 1.63. The molecule has 0 unspecified atom stereocenters. The van der Waals surface area contributed by atoms with Gasteiger partial charge < -0.3 is 4.74 Å². The number of nitrogens with zero attached hydrogens (tertiary/aromatic N) is 2. The lowest BCUT2D eigenvalue weighted by Crippen LogP contribution is -2.12. The van der Waals surface area contributed by atoms with E-state index < -0.39 is 0 Å². The third-order valence-corrected chi connectivity index (χ3v) is 4.50. The molecule has 22 heavy (non-hydrogen) atoms. The van der Waals surface area contributed by atoms with Crippen LogP contribution in [-0.4, -0.2) is 23.2 Å². The van der Waals surface area contributed by atoms with E-state index in [-0.39, 0.29) is 5.91 Å². The van der Waals surface area contributed by atoms with Crippen LogP contribution in [0.15, 0.2) is 24.3 Å². The molecule has 0 bridgehead atoms. The van der Waals surface area contributed by atoms with Crippen LogP contribution in [0, 0.1) is 0 Å². The summed E-state index contributed by atoms with van der Waals surface area (Å²) in [4.78, 5) is 12.3. The van der Waals surface area contributed by atoms with E-state index in [1.165, 1.54) is 11.3 Å². The Bertz CT molecular complexity index is 623. The standard InChI is InChI=1S/C16H21N3O2S/c1-4-12(5-2)15-18-19-16(22-15)17-14(20)13-8-6-7-11(9-13)10-21-3/h6-9,12H,4-5,10H2,1-3H3,(H,17,19,20). The summed E-state index contributed by atoms with van der Waals surface area (Å²) < 4.78 is 5.08. The molecule has 2 aromatic rings. The summed E-state index contributed by atoms with van der Waals surface area (Å²) in [6, 6.07) is 7.37. The Labute approximate surface area is 134 Å². The Kier molecular flexibility index (Phi) is 6.03. The predicted molar refractivity (Wildman–Crippen MR) is 88.3 cm³/mol. The zero-order chi connectivity index (χ0) is 15.9. The molecule has 1 N–H and O–H groups in total. The quantitative estimate of drug-likeness (QED) is 0.842. The second kappa shape index (κ2) is 8.00. The van der Waals surface area contributed by atoms with Gasteiger partial charge >= 0.3 is 0 Å². The molecule has 0 atom stereocenters. The SMILES string of the molecule is CCC(CC)c1nnc(NC(=O)c2cccc(COC)c2)s1. The van der Waals surface area contributed by atoms with Gasteiger partial charge in [0, 0.05) is 18.6 Å². The molecule has 0 radical (unpaired) electrons. The van der Waals surface area contributed by atoms with E-state index in [9.17, 15) is 4.79 Å². The number of hydrogen-bond donors (Lipinski definition) is 1. The smallest absolute Gasteiger partial charge is 0.257 e. The second-order valence-corrected chi connectivity index (χ2v) is 6.06. The summed E-state index contributed by atoms with van der Waals surface area (Å²) >= 11 is 1.45. The number of rotatable bonds is 7. The predicted octanol–water partition coefficient (Wildman–Crippen LogP) is 3.84. The van der Waals surface area contributed by atoms with Crippen molar-refractivity contribution < 1.29 is 9.53 Å². The Balaban J connectivity index is 2.07. The van der Waals surface area contributed by atoms with Crippen LogP contribution in [0.5, 0.6) is 0 Å². The molecule has 0 saturated carbocycles. The van der Waals surface area contributed by atoms with Crippen LogP contribution in [0.1, 0.15) is 53.5 Å². The fraction of sp³-hybridized carbons (Fsp3) is 0.438. The van der Waals surface area contributed by atoms with Crippen molar-refractivity contribution in [2.45, 2.75) is 39.2 Å². The zero-order valence-electron chi connectivity index (χ0n) is 13.1. The highest BCUT2D eigenvalue weighted by Crippen LogP contribution is 2.28. The number of methoxy groups -OCH3 is 1. The van der Waals surface area contributed by atoms with Crippen LogP contribution < -0.4 is 5.32 Å². The van der Waals surface area contributed by atoms with Crippen molar-refractivity contribution in [2.24, 2.45) is 0 Å². The van der Waals surface area contributed by atoms with Crippen molar-refractivity contribution in [3.63, 3.8) is 0 Å². The van der Waals surface area contributed by atoms with Crippen molar-refractivity contribution in [1.82, 2.24) is 10.2 Å². The Hall–Kier alpha value is -1.79. The van der Waals surface area contributed by atoms with Crippen molar-refractivity contribution in [3.8, 4) is 0 Å². The van der Waals surface area contributed by atoms with Crippen molar-refractivity contribution in [1.29, 1.82) is 0 Å². The highest BCUT2D eigenvalue weighted by molar-refractivity contribution is 7.15. The van der Waals surface area contributed by atoms with Crippen LogP contribution in [0.4, 0.5) is 5.13 Å². The minimum absolute atomic E-state index is 0.176. The van der Waals surface area contributed by atoms with E-state index in [2.05, 4.69) is 29.4 Å². The number of carbonyl (C=O) groups is 1. The normalized spacial score (nSPS) is 10.9. The fourth-order valence-corrected chi connectivity index (χ4v) is 3.23. The van der Waals surface area contributed by atoms with E-state index in [0.29, 0.717) is 23.2 Å². The summed E-state index contributed by atoms with van der Waals surface area (Å²) in [5, 5.41) is 12.6. The third-order valence-electron chi connectivity index (χ3n) is 3.50. The summed E-state index contributed by atoms with van der Waals surface area (Å²) in [5.74, 6) is 0.235. The lowest BCUT2D eigenvalue weighted by atomic mass is 10.1. The number of ether oxygens (including phenoxy) is 1. The highest BCUT2D eigenvalue weighted by atomic mass is 32.1. The number of aromatic nitrogens is 2. The molecule has 6 heteroatoms. The average molecular weight is 319 g/mol. The molecule has 1 amide bonds. The molecule has 118 valence electrons. The number of benzene rings is 1. The fourth-order valence-electron chi connectivity index (χ4n) is 2.23. The first-order chi connectivity index (χ1) is 10.7. The maximum Gasteiger partial charge on any atom is 0.257 e. The molecule has 2 rings (SSSR count).